The number of thiophene rings is 1. The minimum atomic E-state index is 0.186. The molecule has 1 unspecified atom stereocenters. The first-order valence-electron chi connectivity index (χ1n) is 5.13. The molecule has 0 radical (unpaired) electrons. The lowest BCUT2D eigenvalue weighted by Gasteiger charge is -2.19. The van der Waals surface area contributed by atoms with Gasteiger partial charge in [0.25, 0.3) is 0 Å². The summed E-state index contributed by atoms with van der Waals surface area (Å²) in [5.41, 5.74) is 0. The van der Waals surface area contributed by atoms with E-state index in [0.717, 1.165) is 6.54 Å². The van der Waals surface area contributed by atoms with Crippen molar-refractivity contribution in [3.8, 4) is 0 Å². The van der Waals surface area contributed by atoms with Crippen LogP contribution in [0.3, 0.4) is 0 Å². The third-order valence-electron chi connectivity index (χ3n) is 2.45. The minimum Gasteiger partial charge on any atom is -0.395 e. The molecule has 0 saturated heterocycles. The van der Waals surface area contributed by atoms with Gasteiger partial charge in [-0.05, 0) is 34.8 Å². The predicted molar refractivity (Wildman–Crippen MR) is 69.3 cm³/mol. The van der Waals surface area contributed by atoms with Crippen LogP contribution in [0.2, 0.25) is 0 Å². The molecule has 0 aliphatic rings. The van der Waals surface area contributed by atoms with Gasteiger partial charge in [-0.2, -0.15) is 0 Å². The number of aliphatic hydroxyl groups excluding tert-OH is 1. The smallest absolute Gasteiger partial charge is 0.0587 e. The highest BCUT2D eigenvalue weighted by atomic mass is 79.9. The summed E-state index contributed by atoms with van der Waals surface area (Å²) >= 11 is 5.29. The van der Waals surface area contributed by atoms with Crippen LogP contribution in [0.5, 0.6) is 0 Å². The van der Waals surface area contributed by atoms with Crippen molar-refractivity contribution in [2.75, 3.05) is 6.61 Å². The summed E-state index contributed by atoms with van der Waals surface area (Å²) in [5, 5.41) is 12.5. The second-order valence-electron chi connectivity index (χ2n) is 4.03. The molecular formula is C11H18BrNOS. The van der Waals surface area contributed by atoms with Crippen LogP contribution < -0.4 is 5.32 Å². The van der Waals surface area contributed by atoms with Crippen LogP contribution in [0.15, 0.2) is 10.5 Å². The van der Waals surface area contributed by atoms with E-state index in [9.17, 15) is 0 Å². The van der Waals surface area contributed by atoms with Crippen molar-refractivity contribution in [1.29, 1.82) is 0 Å². The molecule has 0 amide bonds. The topological polar surface area (TPSA) is 32.3 Å². The van der Waals surface area contributed by atoms with E-state index in [4.69, 9.17) is 5.11 Å². The van der Waals surface area contributed by atoms with E-state index in [1.54, 1.807) is 11.3 Å². The molecule has 1 heterocycles. The molecule has 86 valence electrons. The quantitative estimate of drug-likeness (QED) is 0.874. The number of halogens is 1. The Balaban J connectivity index is 2.49. The van der Waals surface area contributed by atoms with Gasteiger partial charge in [-0.25, -0.2) is 0 Å². The van der Waals surface area contributed by atoms with E-state index in [-0.39, 0.29) is 12.6 Å². The van der Waals surface area contributed by atoms with Crippen molar-refractivity contribution in [1.82, 2.24) is 5.32 Å². The van der Waals surface area contributed by atoms with E-state index in [1.807, 2.05) is 0 Å². The zero-order chi connectivity index (χ0) is 11.4. The van der Waals surface area contributed by atoms with Crippen LogP contribution in [-0.4, -0.2) is 17.8 Å². The highest BCUT2D eigenvalue weighted by Gasteiger charge is 2.11. The molecule has 0 saturated carbocycles. The first-order valence-corrected chi connectivity index (χ1v) is 6.74. The Morgan fingerprint density at radius 3 is 2.60 bits per heavy atom. The predicted octanol–water partition coefficient (Wildman–Crippen LogP) is 2.93. The summed E-state index contributed by atoms with van der Waals surface area (Å²) in [6, 6.07) is 2.33. The molecule has 15 heavy (non-hydrogen) atoms. The fourth-order valence-corrected chi connectivity index (χ4v) is 2.90. The van der Waals surface area contributed by atoms with Gasteiger partial charge in [0.2, 0.25) is 0 Å². The van der Waals surface area contributed by atoms with Crippen LogP contribution >= 0.6 is 27.3 Å². The molecule has 2 nitrogen and oxygen atoms in total. The van der Waals surface area contributed by atoms with Crippen molar-refractivity contribution < 1.29 is 5.11 Å². The van der Waals surface area contributed by atoms with E-state index in [1.165, 1.54) is 14.2 Å². The number of aryl methyl sites for hydroxylation is 1. The minimum absolute atomic E-state index is 0.186. The third kappa shape index (κ3) is 3.87. The van der Waals surface area contributed by atoms with Gasteiger partial charge in [0.1, 0.15) is 0 Å². The van der Waals surface area contributed by atoms with Crippen molar-refractivity contribution >= 4 is 27.3 Å². The SMILES string of the molecule is Cc1sc(CNC(CO)C(C)C)cc1Br. The second-order valence-corrected chi connectivity index (χ2v) is 6.23. The Labute approximate surface area is 104 Å². The summed E-state index contributed by atoms with van der Waals surface area (Å²) in [5.74, 6) is 0.458. The fourth-order valence-electron chi connectivity index (χ4n) is 1.35. The van der Waals surface area contributed by atoms with Crippen molar-refractivity contribution in [3.05, 3.63) is 20.3 Å². The fraction of sp³-hybridized carbons (Fsp3) is 0.636. The van der Waals surface area contributed by atoms with Crippen LogP contribution in [0.4, 0.5) is 0 Å². The molecular weight excluding hydrogens is 274 g/mol. The van der Waals surface area contributed by atoms with E-state index in [0.29, 0.717) is 5.92 Å². The molecule has 4 heteroatoms. The van der Waals surface area contributed by atoms with Crippen molar-refractivity contribution in [2.45, 2.75) is 33.4 Å². The Morgan fingerprint density at radius 2 is 2.20 bits per heavy atom. The zero-order valence-corrected chi connectivity index (χ0v) is 11.8. The maximum atomic E-state index is 9.17. The van der Waals surface area contributed by atoms with Gasteiger partial charge in [0.15, 0.2) is 0 Å². The summed E-state index contributed by atoms with van der Waals surface area (Å²) in [6.45, 7) is 7.36. The highest BCUT2D eigenvalue weighted by molar-refractivity contribution is 9.10. The van der Waals surface area contributed by atoms with Gasteiger partial charge in [-0.3, -0.25) is 0 Å². The Bertz CT molecular complexity index is 292. The van der Waals surface area contributed by atoms with Crippen LogP contribution in [0, 0.1) is 12.8 Å². The third-order valence-corrected chi connectivity index (χ3v) is 4.58. The van der Waals surface area contributed by atoms with Crippen molar-refractivity contribution in [2.24, 2.45) is 5.92 Å². The summed E-state index contributed by atoms with van der Waals surface area (Å²) in [7, 11) is 0. The maximum Gasteiger partial charge on any atom is 0.0587 e. The van der Waals surface area contributed by atoms with Gasteiger partial charge in [0, 0.05) is 26.8 Å². The van der Waals surface area contributed by atoms with Gasteiger partial charge in [0.05, 0.1) is 6.61 Å². The number of hydrogen-bond donors (Lipinski definition) is 2. The normalized spacial score (nSPS) is 13.5. The highest BCUT2D eigenvalue weighted by Crippen LogP contribution is 2.26. The Morgan fingerprint density at radius 1 is 1.53 bits per heavy atom. The first-order chi connectivity index (χ1) is 7.04. The molecule has 1 aromatic rings. The van der Waals surface area contributed by atoms with Gasteiger partial charge in [-0.1, -0.05) is 13.8 Å². The Hall–Kier alpha value is 0.100. The zero-order valence-electron chi connectivity index (χ0n) is 9.38. The molecule has 0 aromatic carbocycles. The molecule has 0 aliphatic heterocycles. The standard InChI is InChI=1S/C11H18BrNOS/c1-7(2)11(6-14)13-5-9-4-10(12)8(3)15-9/h4,7,11,13-14H,5-6H2,1-3H3. The number of hydrogen-bond acceptors (Lipinski definition) is 3. The largest absolute Gasteiger partial charge is 0.395 e. The molecule has 2 N–H and O–H groups in total. The molecule has 1 atom stereocenters. The van der Waals surface area contributed by atoms with E-state index >= 15 is 0 Å². The number of rotatable bonds is 5. The summed E-state index contributed by atoms with van der Waals surface area (Å²) in [4.78, 5) is 2.61. The molecule has 0 aliphatic carbocycles. The number of nitrogens with one attached hydrogen (secondary N) is 1. The molecule has 0 fully saturated rings. The second kappa shape index (κ2) is 5.99. The van der Waals surface area contributed by atoms with E-state index < -0.39 is 0 Å². The van der Waals surface area contributed by atoms with Crippen LogP contribution in [-0.2, 0) is 6.54 Å². The molecule has 1 rings (SSSR count). The lowest BCUT2D eigenvalue weighted by molar-refractivity contribution is 0.210. The van der Waals surface area contributed by atoms with Gasteiger partial charge in [-0.15, -0.1) is 11.3 Å². The summed E-state index contributed by atoms with van der Waals surface area (Å²) < 4.78 is 1.18. The Kier molecular flexibility index (Phi) is 5.26. The van der Waals surface area contributed by atoms with E-state index in [2.05, 4.69) is 48.1 Å². The molecule has 0 bridgehead atoms. The van der Waals surface area contributed by atoms with Crippen LogP contribution in [0.25, 0.3) is 0 Å². The van der Waals surface area contributed by atoms with Crippen LogP contribution in [0.1, 0.15) is 23.6 Å². The lowest BCUT2D eigenvalue weighted by atomic mass is 10.1. The molecule has 0 spiro atoms. The maximum absolute atomic E-state index is 9.17. The lowest BCUT2D eigenvalue weighted by Crippen LogP contribution is -2.36. The van der Waals surface area contributed by atoms with Gasteiger partial charge >= 0.3 is 0 Å². The summed E-state index contributed by atoms with van der Waals surface area (Å²) in [6.07, 6.45) is 0. The van der Waals surface area contributed by atoms with Crippen molar-refractivity contribution in [3.63, 3.8) is 0 Å². The first kappa shape index (κ1) is 13.2. The van der Waals surface area contributed by atoms with Gasteiger partial charge < -0.3 is 10.4 Å². The number of aliphatic hydroxyl groups is 1. The molecule has 1 aromatic heterocycles. The average molecular weight is 292 g/mol. The monoisotopic (exact) mass is 291 g/mol. The average Bonchev–Trinajstić information content (AvgIpc) is 2.47.